The van der Waals surface area contributed by atoms with Crippen molar-refractivity contribution in [2.24, 2.45) is 0 Å². The molecule has 12 heavy (non-hydrogen) atoms. The van der Waals surface area contributed by atoms with Crippen LogP contribution in [0.1, 0.15) is 46.0 Å². The molecule has 0 N–H and O–H groups in total. The van der Waals surface area contributed by atoms with Gasteiger partial charge in [0.15, 0.2) is 0 Å². The second kappa shape index (κ2) is 4.27. The Balaban J connectivity index is 2.53. The molecule has 0 heterocycles. The summed E-state index contributed by atoms with van der Waals surface area (Å²) in [5, 5.41) is 0. The van der Waals surface area contributed by atoms with Crippen molar-refractivity contribution in [3.05, 3.63) is 6.92 Å². The van der Waals surface area contributed by atoms with Gasteiger partial charge in [-0.2, -0.15) is 0 Å². The maximum atomic E-state index is 6.35. The standard InChI is InChI=1S/C11H21N/c1-4-12(5-2)11(3)9-7-6-8-10-11/h3H,4-10H2,1-2H3. The Kier molecular flexibility index (Phi) is 3.57. The highest BCUT2D eigenvalue weighted by molar-refractivity contribution is 4.94. The average molecular weight is 167 g/mol. The first-order chi connectivity index (χ1) is 5.73. The fraction of sp³-hybridized carbons (Fsp3) is 0.909. The Hall–Kier alpha value is -0.0400. The van der Waals surface area contributed by atoms with Gasteiger partial charge in [0.2, 0.25) is 0 Å². The van der Waals surface area contributed by atoms with Crippen molar-refractivity contribution in [1.82, 2.24) is 4.90 Å². The van der Waals surface area contributed by atoms with Crippen molar-refractivity contribution in [3.63, 3.8) is 0 Å². The number of hydrogen-bond acceptors (Lipinski definition) is 1. The van der Waals surface area contributed by atoms with E-state index in [1.54, 1.807) is 0 Å². The van der Waals surface area contributed by atoms with Gasteiger partial charge in [-0.25, -0.2) is 0 Å². The molecule has 0 aromatic rings. The average Bonchev–Trinajstić information content (AvgIpc) is 2.07. The molecule has 1 saturated carbocycles. The Morgan fingerprint density at radius 3 is 2.00 bits per heavy atom. The summed E-state index contributed by atoms with van der Waals surface area (Å²) in [6.07, 6.45) is 6.38. The van der Waals surface area contributed by atoms with Gasteiger partial charge in [0.25, 0.3) is 0 Å². The van der Waals surface area contributed by atoms with Crippen molar-refractivity contribution >= 4 is 0 Å². The van der Waals surface area contributed by atoms with Crippen molar-refractivity contribution in [2.45, 2.75) is 51.5 Å². The van der Waals surface area contributed by atoms with E-state index in [1.165, 1.54) is 32.1 Å². The molecule has 0 saturated heterocycles. The molecule has 0 atom stereocenters. The van der Waals surface area contributed by atoms with E-state index in [0.717, 1.165) is 13.1 Å². The summed E-state index contributed by atoms with van der Waals surface area (Å²) in [4.78, 5) is 2.41. The molecule has 1 heteroatoms. The number of hydrogen-bond donors (Lipinski definition) is 0. The maximum absolute atomic E-state index is 6.35. The molecule has 1 aliphatic carbocycles. The summed E-state index contributed by atoms with van der Waals surface area (Å²) < 4.78 is 0. The predicted octanol–water partition coefficient (Wildman–Crippen LogP) is 2.74. The van der Waals surface area contributed by atoms with Gasteiger partial charge in [0, 0.05) is 5.54 Å². The fourth-order valence-electron chi connectivity index (χ4n) is 2.33. The predicted molar refractivity (Wildman–Crippen MR) is 53.0 cm³/mol. The molecule has 1 rings (SSSR count). The van der Waals surface area contributed by atoms with E-state index >= 15 is 0 Å². The monoisotopic (exact) mass is 167 g/mol. The number of rotatable bonds is 3. The quantitative estimate of drug-likeness (QED) is 0.624. The van der Waals surface area contributed by atoms with Crippen LogP contribution in [0.4, 0.5) is 0 Å². The molecule has 0 aromatic heterocycles. The lowest BCUT2D eigenvalue weighted by atomic mass is 9.82. The van der Waals surface area contributed by atoms with Gasteiger partial charge < -0.3 is 0 Å². The molecule has 1 nitrogen and oxygen atoms in total. The van der Waals surface area contributed by atoms with Crippen molar-refractivity contribution in [3.8, 4) is 0 Å². The smallest absolute Gasteiger partial charge is 0.0244 e. The van der Waals surface area contributed by atoms with Gasteiger partial charge in [-0.05, 0) is 32.9 Å². The highest BCUT2D eigenvalue weighted by atomic mass is 15.2. The van der Waals surface area contributed by atoms with E-state index in [9.17, 15) is 0 Å². The molecular formula is C11H21N. The van der Waals surface area contributed by atoms with Gasteiger partial charge in [-0.15, -0.1) is 0 Å². The zero-order valence-electron chi connectivity index (χ0n) is 8.47. The van der Waals surface area contributed by atoms with Crippen LogP contribution < -0.4 is 0 Å². The molecule has 2 radical (unpaired) electrons. The van der Waals surface area contributed by atoms with Gasteiger partial charge >= 0.3 is 0 Å². The van der Waals surface area contributed by atoms with E-state index < -0.39 is 0 Å². The highest BCUT2D eigenvalue weighted by Gasteiger charge is 2.31. The molecule has 0 bridgehead atoms. The minimum absolute atomic E-state index is 0.0295. The first-order valence-corrected chi connectivity index (χ1v) is 5.27. The Bertz CT molecular complexity index is 121. The minimum Gasteiger partial charge on any atom is -0.298 e. The zero-order chi connectivity index (χ0) is 9.03. The lowest BCUT2D eigenvalue weighted by Crippen LogP contribution is -2.47. The van der Waals surface area contributed by atoms with Crippen LogP contribution in [0.2, 0.25) is 0 Å². The van der Waals surface area contributed by atoms with Crippen LogP contribution in [-0.4, -0.2) is 23.5 Å². The first-order valence-electron chi connectivity index (χ1n) is 5.27. The molecule has 0 amide bonds. The molecule has 0 aromatic carbocycles. The highest BCUT2D eigenvalue weighted by Crippen LogP contribution is 2.32. The SMILES string of the molecule is [CH]C1(N(CC)CC)CCCCC1. The van der Waals surface area contributed by atoms with Crippen LogP contribution in [0.25, 0.3) is 0 Å². The topological polar surface area (TPSA) is 3.24 Å². The van der Waals surface area contributed by atoms with Crippen LogP contribution >= 0.6 is 0 Å². The van der Waals surface area contributed by atoms with Crippen LogP contribution in [-0.2, 0) is 0 Å². The third-order valence-electron chi connectivity index (χ3n) is 3.11. The van der Waals surface area contributed by atoms with E-state index in [4.69, 9.17) is 6.92 Å². The summed E-state index contributed by atoms with van der Waals surface area (Å²) >= 11 is 0. The Labute approximate surface area is 77.1 Å². The number of nitrogens with zero attached hydrogens (tertiary/aromatic N) is 1. The third kappa shape index (κ3) is 2.01. The Morgan fingerprint density at radius 2 is 1.58 bits per heavy atom. The van der Waals surface area contributed by atoms with Crippen LogP contribution in [0.15, 0.2) is 0 Å². The summed E-state index contributed by atoms with van der Waals surface area (Å²) in [7, 11) is 0. The van der Waals surface area contributed by atoms with Gasteiger partial charge in [0.05, 0.1) is 0 Å². The second-order valence-corrected chi connectivity index (χ2v) is 3.84. The van der Waals surface area contributed by atoms with Gasteiger partial charge in [0.1, 0.15) is 0 Å². The molecule has 0 spiro atoms. The normalized spacial score (nSPS) is 23.0. The molecular weight excluding hydrogens is 146 g/mol. The van der Waals surface area contributed by atoms with Gasteiger partial charge in [-0.3, -0.25) is 4.90 Å². The summed E-state index contributed by atoms with van der Waals surface area (Å²) in [5.41, 5.74) is 0.0295. The second-order valence-electron chi connectivity index (χ2n) is 3.84. The van der Waals surface area contributed by atoms with Crippen molar-refractivity contribution in [2.75, 3.05) is 13.1 Å². The lowest BCUT2D eigenvalue weighted by molar-refractivity contribution is 0.101. The van der Waals surface area contributed by atoms with E-state index in [0.29, 0.717) is 0 Å². The third-order valence-corrected chi connectivity index (χ3v) is 3.11. The van der Waals surface area contributed by atoms with E-state index in [2.05, 4.69) is 18.7 Å². The molecule has 1 aliphatic rings. The maximum Gasteiger partial charge on any atom is 0.0244 e. The van der Waals surface area contributed by atoms with Crippen molar-refractivity contribution < 1.29 is 0 Å². The zero-order valence-corrected chi connectivity index (χ0v) is 8.47. The van der Waals surface area contributed by atoms with Crippen LogP contribution in [0.3, 0.4) is 0 Å². The Morgan fingerprint density at radius 1 is 1.08 bits per heavy atom. The molecule has 0 unspecified atom stereocenters. The summed E-state index contributed by atoms with van der Waals surface area (Å²) in [6, 6.07) is 0. The van der Waals surface area contributed by atoms with Crippen LogP contribution in [0, 0.1) is 6.92 Å². The summed E-state index contributed by atoms with van der Waals surface area (Å²) in [6.45, 7) is 12.9. The molecule has 70 valence electrons. The first kappa shape index (κ1) is 10.0. The van der Waals surface area contributed by atoms with Crippen molar-refractivity contribution in [1.29, 1.82) is 0 Å². The lowest BCUT2D eigenvalue weighted by Gasteiger charge is -2.42. The van der Waals surface area contributed by atoms with E-state index in [1.807, 2.05) is 0 Å². The van der Waals surface area contributed by atoms with Crippen LogP contribution in [0.5, 0.6) is 0 Å². The molecule has 0 aliphatic heterocycles. The van der Waals surface area contributed by atoms with E-state index in [-0.39, 0.29) is 5.54 Å². The largest absolute Gasteiger partial charge is 0.298 e. The van der Waals surface area contributed by atoms with Gasteiger partial charge in [-0.1, -0.05) is 33.1 Å². The fourth-order valence-corrected chi connectivity index (χ4v) is 2.33. The summed E-state index contributed by atoms with van der Waals surface area (Å²) in [5.74, 6) is 0. The minimum atomic E-state index is 0.0295. The molecule has 1 fully saturated rings.